The SMILES string of the molecule is COC(CCC(C)/C=C/C=C/C1CC(O)CC(O)CCCCC(C)CCC(O)CC(O)C/C=C/C=C/C=C/C(O)CC(=O)CC(O)C/C=C/C=C/C(O)CC(O)CC(O)CCC(C)C(O)CC(O)C(C)C(O)/C(C)=C/C=C\C(C)C(O)C(C)C2OC(O)(CC(=O)O1)CC(O)C2C)C1=C(SC)C(=O)C=C(O)C1=O. The number of hydrogen-bond donors (Lipinski definition) is 16. The Hall–Kier alpha value is -4.91. The molecule has 608 valence electrons. The molecule has 0 aromatic carbocycles. The van der Waals surface area contributed by atoms with E-state index in [1.807, 2.05) is 13.0 Å². The molecule has 107 heavy (non-hydrogen) atoms. The molecule has 1 saturated heterocycles. The van der Waals surface area contributed by atoms with Gasteiger partial charge in [-0.3, -0.25) is 19.2 Å². The smallest absolute Gasteiger partial charge is 0.311 e. The first-order valence-corrected chi connectivity index (χ1v) is 39.7. The maximum absolute atomic E-state index is 14.0. The summed E-state index contributed by atoms with van der Waals surface area (Å²) in [4.78, 5) is 52.4. The molecule has 2 aliphatic heterocycles. The zero-order chi connectivity index (χ0) is 80.1. The van der Waals surface area contributed by atoms with Crippen molar-refractivity contribution in [2.24, 2.45) is 41.4 Å². The van der Waals surface area contributed by atoms with Crippen LogP contribution in [0.3, 0.4) is 0 Å². The lowest BCUT2D eigenvalue weighted by Crippen LogP contribution is -2.55. The van der Waals surface area contributed by atoms with Crippen molar-refractivity contribution >= 4 is 35.1 Å². The van der Waals surface area contributed by atoms with Crippen LogP contribution in [-0.2, 0) is 33.4 Å². The van der Waals surface area contributed by atoms with Crippen LogP contribution in [0.15, 0.2) is 131 Å². The number of methoxy groups -OCH3 is 1. The fourth-order valence-electron chi connectivity index (χ4n) is 13.7. The molecule has 0 radical (unpaired) electrons. The predicted octanol–water partition coefficient (Wildman–Crippen LogP) is 8.28. The van der Waals surface area contributed by atoms with Crippen molar-refractivity contribution in [1.29, 1.82) is 0 Å². The molecule has 0 amide bonds. The van der Waals surface area contributed by atoms with E-state index in [4.69, 9.17) is 14.2 Å². The minimum Gasteiger partial charge on any atom is -0.504 e. The van der Waals surface area contributed by atoms with Gasteiger partial charge >= 0.3 is 5.97 Å². The Kier molecular flexibility index (Phi) is 45.8. The average Bonchev–Trinajstić information content (AvgIpc) is 0.797. The Labute approximate surface area is 639 Å². The largest absolute Gasteiger partial charge is 0.504 e. The van der Waals surface area contributed by atoms with Crippen molar-refractivity contribution in [2.45, 2.75) is 306 Å². The van der Waals surface area contributed by atoms with E-state index in [1.165, 1.54) is 25.3 Å². The van der Waals surface area contributed by atoms with E-state index in [0.29, 0.717) is 56.9 Å². The standard InChI is InChI=1S/C83H132O23S/c1-51-24-19-21-32-63(88)44-68(93)46-69(33-22-20-25-52(2)35-39-75(104-9)77-80(102)72(96)48-73(97)82(77)107-10)105-76(99)50-83(103)49-74(98)57(7)81(106-83)58(8)79(101)55(5)27-23-26-54(4)78(100)56(6)71(95)47-70(94)53(3)36-38-65(90)45-67(92)43-62(87)31-18-14-17-30-61(86)42-66(91)41-60(85)29-16-13-11-12-15-28-59(84)40-64(89)37-34-51/h11-18,20,22-23,25-27,29,31,33,48,51-53,55-65,67-71,74-75,78-79,81,84-90,92-96,98,100-101,103H,19,21,24,28,30,32,34-47,49-50H2,1-10H3/b13-11+,15-12+,17-14+,25-20+,27-23-,29-16+,31-18+,33-22+,54-26+. The van der Waals surface area contributed by atoms with Gasteiger partial charge in [-0.05, 0) is 126 Å². The van der Waals surface area contributed by atoms with Crippen molar-refractivity contribution in [3.63, 3.8) is 0 Å². The summed E-state index contributed by atoms with van der Waals surface area (Å²) in [5.74, 6) is -8.18. The zero-order valence-electron chi connectivity index (χ0n) is 64.7. The summed E-state index contributed by atoms with van der Waals surface area (Å²) < 4.78 is 17.8. The number of cyclic esters (lactones) is 1. The number of Topliss-reactive ketones (excluding diaryl/α,β-unsaturated/α-hetero) is 2. The molecule has 3 rings (SSSR count). The lowest BCUT2D eigenvalue weighted by molar-refractivity contribution is -0.302. The summed E-state index contributed by atoms with van der Waals surface area (Å²) in [6.45, 7) is 14.2. The molecule has 3 aliphatic rings. The topological polar surface area (TPSA) is 420 Å². The highest BCUT2D eigenvalue weighted by Gasteiger charge is 2.49. The summed E-state index contributed by atoms with van der Waals surface area (Å²) in [6, 6.07) is 0. The van der Waals surface area contributed by atoms with Gasteiger partial charge in [0.15, 0.2) is 17.3 Å². The number of carbonyl (C=O) groups is 4. The van der Waals surface area contributed by atoms with Gasteiger partial charge in [-0.15, -0.1) is 11.8 Å². The monoisotopic (exact) mass is 1530 g/mol. The second-order valence-electron chi connectivity index (χ2n) is 30.6. The summed E-state index contributed by atoms with van der Waals surface area (Å²) in [7, 11) is 1.42. The van der Waals surface area contributed by atoms with Gasteiger partial charge in [-0.1, -0.05) is 165 Å². The van der Waals surface area contributed by atoms with Gasteiger partial charge in [0.2, 0.25) is 5.78 Å². The highest BCUT2D eigenvalue weighted by molar-refractivity contribution is 8.03. The van der Waals surface area contributed by atoms with Crippen molar-refractivity contribution < 1.29 is 115 Å². The third-order valence-electron chi connectivity index (χ3n) is 20.8. The third-order valence-corrected chi connectivity index (χ3v) is 21.6. The number of thioether (sulfide) groups is 1. The van der Waals surface area contributed by atoms with Crippen LogP contribution in [0.25, 0.3) is 0 Å². The fourth-order valence-corrected chi connectivity index (χ4v) is 14.4. The minimum atomic E-state index is -2.25. The Morgan fingerprint density at radius 3 is 1.88 bits per heavy atom. The molecule has 0 aromatic rings. The van der Waals surface area contributed by atoms with Gasteiger partial charge in [0.25, 0.3) is 0 Å². The van der Waals surface area contributed by atoms with Crippen LogP contribution in [0.2, 0.25) is 0 Å². The molecular weight excluding hydrogens is 1400 g/mol. The summed E-state index contributed by atoms with van der Waals surface area (Å²) >= 11 is 1.10. The van der Waals surface area contributed by atoms with Gasteiger partial charge in [-0.25, -0.2) is 0 Å². The second kappa shape index (κ2) is 50.9. The molecule has 1 aliphatic carbocycles. The first-order chi connectivity index (χ1) is 50.5. The fraction of sp³-hybridized carbons (Fsp3) is 0.687. The first kappa shape index (κ1) is 96.3. The lowest BCUT2D eigenvalue weighted by atomic mass is 9.78. The van der Waals surface area contributed by atoms with Crippen LogP contribution in [0.5, 0.6) is 0 Å². The molecular formula is C83H132O23S. The quantitative estimate of drug-likeness (QED) is 0.0586. The molecule has 1 fully saturated rings. The highest BCUT2D eigenvalue weighted by atomic mass is 32.2. The molecule has 25 unspecified atom stereocenters. The number of carbonyl (C=O) groups excluding carboxylic acids is 4. The minimum absolute atomic E-state index is 0.0386. The summed E-state index contributed by atoms with van der Waals surface area (Å²) in [5.41, 5.74) is 0.579. The van der Waals surface area contributed by atoms with Crippen LogP contribution in [-0.4, -0.2) is 228 Å². The van der Waals surface area contributed by atoms with Crippen LogP contribution < -0.4 is 0 Å². The van der Waals surface area contributed by atoms with Crippen LogP contribution in [0.4, 0.5) is 0 Å². The number of esters is 1. The number of hydrogen-bond acceptors (Lipinski definition) is 24. The predicted molar refractivity (Wildman–Crippen MR) is 413 cm³/mol. The maximum atomic E-state index is 14.0. The number of allylic oxidation sites excluding steroid dienone is 14. The third kappa shape index (κ3) is 37.3. The first-order valence-electron chi connectivity index (χ1n) is 38.5. The molecule has 0 spiro atoms. The lowest BCUT2D eigenvalue weighted by Gasteiger charge is -2.46. The number of aliphatic hydroxyl groups is 16. The molecule has 0 aromatic heterocycles. The van der Waals surface area contributed by atoms with E-state index in [-0.39, 0.29) is 105 Å². The van der Waals surface area contributed by atoms with Gasteiger partial charge in [-0.2, -0.15) is 0 Å². The van der Waals surface area contributed by atoms with E-state index in [0.717, 1.165) is 30.7 Å². The van der Waals surface area contributed by atoms with Crippen LogP contribution in [0.1, 0.15) is 197 Å². The second-order valence-corrected chi connectivity index (χ2v) is 31.4. The van der Waals surface area contributed by atoms with Crippen LogP contribution in [0, 0.1) is 41.4 Å². The summed E-state index contributed by atoms with van der Waals surface area (Å²) in [6.07, 6.45) is 17.2. The Balaban J connectivity index is 1.80. The maximum Gasteiger partial charge on any atom is 0.311 e. The molecule has 2 heterocycles. The van der Waals surface area contributed by atoms with Crippen molar-refractivity contribution in [2.75, 3.05) is 13.4 Å². The van der Waals surface area contributed by atoms with E-state index in [1.54, 1.807) is 127 Å². The van der Waals surface area contributed by atoms with Gasteiger partial charge in [0.05, 0.1) is 109 Å². The number of fused-ring (bicyclic) bond motifs is 2. The molecule has 0 saturated carbocycles. The molecule has 25 atom stereocenters. The Morgan fingerprint density at radius 1 is 0.607 bits per heavy atom. The molecule has 16 N–H and O–H groups in total. The number of rotatable bonds is 9. The normalized spacial score (nSPS) is 38.8. The Morgan fingerprint density at radius 2 is 1.21 bits per heavy atom. The number of ketones is 3. The number of aliphatic hydroxyl groups excluding tert-OH is 15. The van der Waals surface area contributed by atoms with E-state index < -0.39 is 163 Å². The van der Waals surface area contributed by atoms with Gasteiger partial charge in [0, 0.05) is 74.5 Å². The highest BCUT2D eigenvalue weighted by Crippen LogP contribution is 2.40. The van der Waals surface area contributed by atoms with Crippen molar-refractivity contribution in [3.05, 3.63) is 131 Å². The Bertz CT molecular complexity index is 2990. The van der Waals surface area contributed by atoms with Gasteiger partial charge in [0.1, 0.15) is 11.9 Å². The molecule has 2 bridgehead atoms. The summed E-state index contributed by atoms with van der Waals surface area (Å²) in [5, 5.41) is 175. The zero-order valence-corrected chi connectivity index (χ0v) is 65.5. The van der Waals surface area contributed by atoms with Gasteiger partial charge < -0.3 is 95.9 Å². The van der Waals surface area contributed by atoms with E-state index in [9.17, 15) is 101 Å². The van der Waals surface area contributed by atoms with Crippen LogP contribution >= 0.6 is 11.8 Å². The van der Waals surface area contributed by atoms with Crippen molar-refractivity contribution in [1.82, 2.24) is 0 Å². The molecule has 23 nitrogen and oxygen atoms in total. The van der Waals surface area contributed by atoms with E-state index >= 15 is 0 Å². The van der Waals surface area contributed by atoms with E-state index in [2.05, 4.69) is 6.92 Å². The number of ether oxygens (including phenoxy) is 3. The molecule has 24 heteroatoms. The average molecular weight is 1530 g/mol. The van der Waals surface area contributed by atoms with Crippen molar-refractivity contribution in [3.8, 4) is 0 Å².